The molecule has 1 spiro atoms. The van der Waals surface area contributed by atoms with Crippen LogP contribution in [0.2, 0.25) is 0 Å². The molecule has 0 radical (unpaired) electrons. The van der Waals surface area contributed by atoms with Gasteiger partial charge in [0, 0.05) is 42.8 Å². The van der Waals surface area contributed by atoms with Gasteiger partial charge in [-0.2, -0.15) is 0 Å². The van der Waals surface area contributed by atoms with E-state index < -0.39 is 17.2 Å². The van der Waals surface area contributed by atoms with E-state index in [4.69, 9.17) is 4.74 Å². The number of piperidine rings is 2. The summed E-state index contributed by atoms with van der Waals surface area (Å²) in [6, 6.07) is 3.46. The Balaban J connectivity index is 1.30. The lowest BCUT2D eigenvalue weighted by Gasteiger charge is -2.45. The Morgan fingerprint density at radius 3 is 2.51 bits per heavy atom. The van der Waals surface area contributed by atoms with Gasteiger partial charge in [-0.15, -0.1) is 0 Å². The molecule has 11 nitrogen and oxygen atoms in total. The summed E-state index contributed by atoms with van der Waals surface area (Å²) in [4.78, 5) is 63.2. The minimum atomic E-state index is -0.866. The number of amides is 5. The van der Waals surface area contributed by atoms with Gasteiger partial charge in [0.25, 0.3) is 11.8 Å². The Hall–Kier alpha value is -3.25. The Bertz CT molecular complexity index is 1380. The maximum atomic E-state index is 13.9. The summed E-state index contributed by atoms with van der Waals surface area (Å²) in [7, 11) is 0. The van der Waals surface area contributed by atoms with E-state index in [0.717, 1.165) is 31.5 Å². The van der Waals surface area contributed by atoms with Crippen molar-refractivity contribution < 1.29 is 23.9 Å². The molecular formula is C29H40N6O5S. The fourth-order valence-corrected chi connectivity index (χ4v) is 7.24. The zero-order valence-electron chi connectivity index (χ0n) is 24.7. The van der Waals surface area contributed by atoms with E-state index in [1.54, 1.807) is 20.8 Å². The molecule has 3 aliphatic rings. The predicted molar refractivity (Wildman–Crippen MR) is 157 cm³/mol. The molecule has 3 fully saturated rings. The van der Waals surface area contributed by atoms with Crippen LogP contribution >= 0.6 is 11.3 Å². The summed E-state index contributed by atoms with van der Waals surface area (Å²) in [6.07, 6.45) is 2.36. The SMILES string of the molecule is Cc1ccc2c(C(=O)N3CCC(N4CCCC5(C4)NC(=O)N(C(C)C)C5=O)CC3)c(NC(=O)OC(C)(C)C)sc2n1. The maximum Gasteiger partial charge on any atom is 0.412 e. The standard InChI is InChI=1S/C29H40N6O5S/c1-17(2)35-25(37)29(32-26(35)38)12-7-13-34(16-29)19-10-14-33(15-11-19)24(36)21-20-9-8-18(3)30-22(20)41-23(21)31-27(39)40-28(4,5)6/h8-9,17,19H,7,10-16H2,1-6H3,(H,31,39)(H,32,38). The molecule has 5 heterocycles. The minimum absolute atomic E-state index is 0.131. The summed E-state index contributed by atoms with van der Waals surface area (Å²) in [5.74, 6) is -0.277. The average Bonchev–Trinajstić information content (AvgIpc) is 3.34. The zero-order valence-corrected chi connectivity index (χ0v) is 25.5. The molecule has 5 rings (SSSR count). The number of anilines is 1. The van der Waals surface area contributed by atoms with Crippen molar-refractivity contribution >= 4 is 50.5 Å². The van der Waals surface area contributed by atoms with Crippen LogP contribution in [0, 0.1) is 6.92 Å². The van der Waals surface area contributed by atoms with Gasteiger partial charge in [0.15, 0.2) is 0 Å². The fourth-order valence-electron chi connectivity index (χ4n) is 6.15. The molecule has 2 N–H and O–H groups in total. The first-order valence-corrected chi connectivity index (χ1v) is 15.2. The van der Waals surface area contributed by atoms with Gasteiger partial charge < -0.3 is 15.0 Å². The zero-order chi connectivity index (χ0) is 29.7. The number of rotatable bonds is 4. The molecule has 41 heavy (non-hydrogen) atoms. The van der Waals surface area contributed by atoms with E-state index in [1.165, 1.54) is 16.2 Å². The van der Waals surface area contributed by atoms with E-state index in [9.17, 15) is 19.2 Å². The second-order valence-corrected chi connectivity index (χ2v) is 13.6. The number of likely N-dealkylation sites (tertiary alicyclic amines) is 2. The number of thiophene rings is 1. The Labute approximate surface area is 244 Å². The van der Waals surface area contributed by atoms with Gasteiger partial charge in [-0.05, 0) is 85.9 Å². The summed E-state index contributed by atoms with van der Waals surface area (Å²) in [5.41, 5.74) is -0.273. The largest absolute Gasteiger partial charge is 0.444 e. The highest BCUT2D eigenvalue weighted by molar-refractivity contribution is 7.23. The molecule has 0 saturated carbocycles. The van der Waals surface area contributed by atoms with Crippen molar-refractivity contribution in [1.29, 1.82) is 0 Å². The number of nitrogens with zero attached hydrogens (tertiary/aromatic N) is 4. The number of ether oxygens (including phenoxy) is 1. The van der Waals surface area contributed by atoms with E-state index >= 15 is 0 Å². The lowest BCUT2D eigenvalue weighted by molar-refractivity contribution is -0.134. The molecule has 0 aliphatic carbocycles. The highest BCUT2D eigenvalue weighted by Gasteiger charge is 2.54. The predicted octanol–water partition coefficient (Wildman–Crippen LogP) is 4.35. The summed E-state index contributed by atoms with van der Waals surface area (Å²) < 4.78 is 5.45. The Morgan fingerprint density at radius 2 is 1.88 bits per heavy atom. The van der Waals surface area contributed by atoms with Crippen molar-refractivity contribution in [2.75, 3.05) is 31.5 Å². The molecule has 2 aromatic heterocycles. The number of hydrogen-bond donors (Lipinski definition) is 2. The van der Waals surface area contributed by atoms with E-state index in [0.29, 0.717) is 46.8 Å². The molecule has 1 atom stereocenters. The van der Waals surface area contributed by atoms with Crippen LogP contribution in [0.15, 0.2) is 12.1 Å². The Morgan fingerprint density at radius 1 is 1.17 bits per heavy atom. The maximum absolute atomic E-state index is 13.9. The van der Waals surface area contributed by atoms with Gasteiger partial charge in [-0.25, -0.2) is 14.6 Å². The summed E-state index contributed by atoms with van der Waals surface area (Å²) in [5, 5.41) is 6.94. The van der Waals surface area contributed by atoms with Crippen LogP contribution in [0.5, 0.6) is 0 Å². The number of hydrogen-bond acceptors (Lipinski definition) is 8. The van der Waals surface area contributed by atoms with Crippen LogP contribution in [0.3, 0.4) is 0 Å². The first kappa shape index (κ1) is 29.2. The van der Waals surface area contributed by atoms with Crippen LogP contribution in [-0.4, -0.2) is 93.0 Å². The van der Waals surface area contributed by atoms with E-state index in [2.05, 4.69) is 20.5 Å². The number of urea groups is 1. The Kier molecular flexibility index (Phi) is 7.75. The molecule has 0 aromatic carbocycles. The van der Waals surface area contributed by atoms with Gasteiger partial charge in [-0.1, -0.05) is 11.3 Å². The van der Waals surface area contributed by atoms with Crippen molar-refractivity contribution in [2.24, 2.45) is 0 Å². The average molecular weight is 585 g/mol. The number of carbonyl (C=O) groups is 4. The number of aromatic nitrogens is 1. The van der Waals surface area contributed by atoms with Crippen LogP contribution in [0.4, 0.5) is 14.6 Å². The summed E-state index contributed by atoms with van der Waals surface area (Å²) >= 11 is 1.27. The smallest absolute Gasteiger partial charge is 0.412 e. The number of imide groups is 1. The number of nitrogens with one attached hydrogen (secondary N) is 2. The van der Waals surface area contributed by atoms with E-state index in [-0.39, 0.29) is 29.9 Å². The second kappa shape index (κ2) is 10.9. The van der Waals surface area contributed by atoms with Gasteiger partial charge >= 0.3 is 12.1 Å². The van der Waals surface area contributed by atoms with Crippen LogP contribution in [0.1, 0.15) is 76.4 Å². The van der Waals surface area contributed by atoms with Crippen molar-refractivity contribution in [3.05, 3.63) is 23.4 Å². The fraction of sp³-hybridized carbons (Fsp3) is 0.621. The molecule has 222 valence electrons. The first-order valence-electron chi connectivity index (χ1n) is 14.4. The number of fused-ring (bicyclic) bond motifs is 1. The lowest BCUT2D eigenvalue weighted by atomic mass is 9.86. The monoisotopic (exact) mass is 584 g/mol. The molecule has 3 aliphatic heterocycles. The molecule has 3 saturated heterocycles. The van der Waals surface area contributed by atoms with Crippen molar-refractivity contribution in [3.8, 4) is 0 Å². The third kappa shape index (κ3) is 5.76. The first-order chi connectivity index (χ1) is 19.3. The van der Waals surface area contributed by atoms with Crippen LogP contribution in [-0.2, 0) is 9.53 Å². The van der Waals surface area contributed by atoms with Gasteiger partial charge in [0.05, 0.1) is 5.56 Å². The van der Waals surface area contributed by atoms with Crippen molar-refractivity contribution in [1.82, 2.24) is 25.0 Å². The summed E-state index contributed by atoms with van der Waals surface area (Å²) in [6.45, 7) is 13.4. The molecule has 12 heteroatoms. The number of aryl methyl sites for hydroxylation is 1. The molecule has 2 aromatic rings. The normalized spacial score (nSPS) is 22.6. The molecule has 5 amide bonds. The highest BCUT2D eigenvalue weighted by Crippen LogP contribution is 2.37. The quantitative estimate of drug-likeness (QED) is 0.512. The highest BCUT2D eigenvalue weighted by atomic mass is 32.1. The second-order valence-electron chi connectivity index (χ2n) is 12.6. The van der Waals surface area contributed by atoms with Gasteiger partial charge in [0.2, 0.25) is 0 Å². The molecule has 1 unspecified atom stereocenters. The van der Waals surface area contributed by atoms with Crippen molar-refractivity contribution in [2.45, 2.75) is 90.4 Å². The lowest BCUT2D eigenvalue weighted by Crippen LogP contribution is -2.61. The topological polar surface area (TPSA) is 124 Å². The third-order valence-corrected chi connectivity index (χ3v) is 9.04. The third-order valence-electron chi connectivity index (χ3n) is 8.02. The van der Waals surface area contributed by atoms with Crippen LogP contribution in [0.25, 0.3) is 10.2 Å². The minimum Gasteiger partial charge on any atom is -0.444 e. The van der Waals surface area contributed by atoms with Crippen LogP contribution < -0.4 is 10.6 Å². The van der Waals surface area contributed by atoms with Gasteiger partial charge in [-0.3, -0.25) is 24.7 Å². The van der Waals surface area contributed by atoms with Gasteiger partial charge in [0.1, 0.15) is 21.0 Å². The number of carbonyl (C=O) groups excluding carboxylic acids is 4. The van der Waals surface area contributed by atoms with Crippen molar-refractivity contribution in [3.63, 3.8) is 0 Å². The molecular weight excluding hydrogens is 544 g/mol. The van der Waals surface area contributed by atoms with E-state index in [1.807, 2.05) is 37.8 Å². The molecule has 0 bridgehead atoms. The number of pyridine rings is 1.